The molecule has 0 saturated carbocycles. The van der Waals surface area contributed by atoms with Crippen molar-refractivity contribution in [2.24, 2.45) is 0 Å². The molecule has 0 aliphatic carbocycles. The zero-order chi connectivity index (χ0) is 22.0. The fraction of sp³-hybridized carbons (Fsp3) is 0.524. The van der Waals surface area contributed by atoms with Crippen molar-refractivity contribution >= 4 is 23.7 Å². The monoisotopic (exact) mass is 405 g/mol. The Labute approximate surface area is 171 Å². The lowest BCUT2D eigenvalue weighted by Crippen LogP contribution is -2.46. The SMILES string of the molecule is CCCNC(=O)[C@H](C)NC(=O)COC(=O)CNC(=O)c1ccc(C(C)(C)C)cc1. The molecule has 0 aromatic heterocycles. The molecule has 0 radical (unpaired) electrons. The molecule has 0 fully saturated rings. The number of rotatable bonds is 9. The van der Waals surface area contributed by atoms with Crippen molar-refractivity contribution in [1.29, 1.82) is 0 Å². The number of hydrogen-bond donors (Lipinski definition) is 3. The number of carbonyl (C=O) groups excluding carboxylic acids is 4. The Morgan fingerprint density at radius 1 is 1.03 bits per heavy atom. The third-order valence-electron chi connectivity index (χ3n) is 4.09. The lowest BCUT2D eigenvalue weighted by atomic mass is 9.87. The first kappa shape index (κ1) is 24.1. The molecule has 0 spiro atoms. The molecule has 8 nitrogen and oxygen atoms in total. The number of amides is 3. The van der Waals surface area contributed by atoms with Crippen LogP contribution in [0.4, 0.5) is 0 Å². The minimum Gasteiger partial charge on any atom is -0.454 e. The maximum absolute atomic E-state index is 12.1. The predicted molar refractivity (Wildman–Crippen MR) is 109 cm³/mol. The molecule has 0 aliphatic rings. The van der Waals surface area contributed by atoms with Gasteiger partial charge < -0.3 is 20.7 Å². The second-order valence-corrected chi connectivity index (χ2v) is 7.75. The van der Waals surface area contributed by atoms with E-state index in [-0.39, 0.29) is 17.9 Å². The van der Waals surface area contributed by atoms with Crippen LogP contribution in [0, 0.1) is 0 Å². The molecule has 0 heterocycles. The predicted octanol–water partition coefficient (Wildman–Crippen LogP) is 1.29. The smallest absolute Gasteiger partial charge is 0.325 e. The van der Waals surface area contributed by atoms with E-state index in [4.69, 9.17) is 4.74 Å². The van der Waals surface area contributed by atoms with E-state index >= 15 is 0 Å². The number of nitrogens with one attached hydrogen (secondary N) is 3. The minimum atomic E-state index is -0.747. The molecule has 3 N–H and O–H groups in total. The standard InChI is InChI=1S/C21H31N3O5/c1-6-11-22-19(27)14(2)24-17(25)13-29-18(26)12-23-20(28)15-7-9-16(10-8-15)21(3,4)5/h7-10,14H,6,11-13H2,1-5H3,(H,22,27)(H,23,28)(H,24,25)/t14-/m0/s1. The van der Waals surface area contributed by atoms with Gasteiger partial charge in [0.05, 0.1) is 0 Å². The van der Waals surface area contributed by atoms with Gasteiger partial charge in [0, 0.05) is 12.1 Å². The molecule has 1 aromatic carbocycles. The number of benzene rings is 1. The second kappa shape index (κ2) is 11.2. The minimum absolute atomic E-state index is 0.0203. The van der Waals surface area contributed by atoms with Crippen molar-refractivity contribution in [3.63, 3.8) is 0 Å². The van der Waals surface area contributed by atoms with Crippen LogP contribution in [0.15, 0.2) is 24.3 Å². The topological polar surface area (TPSA) is 114 Å². The van der Waals surface area contributed by atoms with Gasteiger partial charge in [-0.1, -0.05) is 39.8 Å². The highest BCUT2D eigenvalue weighted by Crippen LogP contribution is 2.22. The van der Waals surface area contributed by atoms with E-state index in [1.165, 1.54) is 6.92 Å². The van der Waals surface area contributed by atoms with Crippen LogP contribution in [-0.2, 0) is 24.5 Å². The summed E-state index contributed by atoms with van der Waals surface area (Å²) in [5, 5.41) is 7.54. The molecule has 160 valence electrons. The normalized spacial score (nSPS) is 11.9. The van der Waals surface area contributed by atoms with E-state index in [9.17, 15) is 19.2 Å². The van der Waals surface area contributed by atoms with Crippen molar-refractivity contribution < 1.29 is 23.9 Å². The highest BCUT2D eigenvalue weighted by atomic mass is 16.5. The number of esters is 1. The average molecular weight is 405 g/mol. The lowest BCUT2D eigenvalue weighted by molar-refractivity contribution is -0.147. The quantitative estimate of drug-likeness (QED) is 0.536. The molecule has 0 bridgehead atoms. The average Bonchev–Trinajstić information content (AvgIpc) is 2.67. The Balaban J connectivity index is 2.37. The maximum Gasteiger partial charge on any atom is 0.325 e. The fourth-order valence-electron chi connectivity index (χ4n) is 2.32. The Hall–Kier alpha value is -2.90. The number of carbonyl (C=O) groups is 4. The van der Waals surface area contributed by atoms with E-state index in [1.54, 1.807) is 12.1 Å². The molecule has 1 aromatic rings. The molecule has 1 atom stereocenters. The molecular weight excluding hydrogens is 374 g/mol. The molecular formula is C21H31N3O5. The Bertz CT molecular complexity index is 723. The van der Waals surface area contributed by atoms with Gasteiger partial charge in [-0.05, 0) is 36.5 Å². The van der Waals surface area contributed by atoms with Crippen LogP contribution in [0.2, 0.25) is 0 Å². The van der Waals surface area contributed by atoms with Crippen LogP contribution in [0.5, 0.6) is 0 Å². The van der Waals surface area contributed by atoms with Gasteiger partial charge in [-0.25, -0.2) is 0 Å². The zero-order valence-electron chi connectivity index (χ0n) is 17.8. The van der Waals surface area contributed by atoms with Gasteiger partial charge in [0.25, 0.3) is 11.8 Å². The van der Waals surface area contributed by atoms with E-state index in [1.807, 2.05) is 19.1 Å². The molecule has 0 unspecified atom stereocenters. The third-order valence-corrected chi connectivity index (χ3v) is 4.09. The second-order valence-electron chi connectivity index (χ2n) is 7.75. The third kappa shape index (κ3) is 8.76. The first-order valence-electron chi connectivity index (χ1n) is 9.66. The molecule has 29 heavy (non-hydrogen) atoms. The first-order chi connectivity index (χ1) is 13.5. The van der Waals surface area contributed by atoms with Gasteiger partial charge in [0.15, 0.2) is 6.61 Å². The van der Waals surface area contributed by atoms with Gasteiger partial charge in [-0.2, -0.15) is 0 Å². The van der Waals surface area contributed by atoms with Gasteiger partial charge in [0.1, 0.15) is 12.6 Å². The summed E-state index contributed by atoms with van der Waals surface area (Å²) in [7, 11) is 0. The molecule has 0 saturated heterocycles. The van der Waals surface area contributed by atoms with Crippen LogP contribution in [0.3, 0.4) is 0 Å². The fourth-order valence-corrected chi connectivity index (χ4v) is 2.32. The maximum atomic E-state index is 12.1. The summed E-state index contributed by atoms with van der Waals surface area (Å²) in [5.74, 6) is -2.06. The van der Waals surface area contributed by atoms with E-state index < -0.39 is 30.4 Å². The molecule has 1 rings (SSSR count). The van der Waals surface area contributed by atoms with Crippen molar-refractivity contribution in [2.75, 3.05) is 19.7 Å². The van der Waals surface area contributed by atoms with Crippen LogP contribution in [0.25, 0.3) is 0 Å². The summed E-state index contributed by atoms with van der Waals surface area (Å²) in [5.41, 5.74) is 1.50. The highest BCUT2D eigenvalue weighted by Gasteiger charge is 2.17. The van der Waals surface area contributed by atoms with Gasteiger partial charge in [-0.15, -0.1) is 0 Å². The lowest BCUT2D eigenvalue weighted by Gasteiger charge is -2.19. The zero-order valence-corrected chi connectivity index (χ0v) is 17.8. The van der Waals surface area contributed by atoms with Crippen LogP contribution in [-0.4, -0.2) is 49.4 Å². The summed E-state index contributed by atoms with van der Waals surface area (Å²) in [4.78, 5) is 47.3. The summed E-state index contributed by atoms with van der Waals surface area (Å²) >= 11 is 0. The number of ether oxygens (including phenoxy) is 1. The van der Waals surface area contributed by atoms with E-state index in [2.05, 4.69) is 36.7 Å². The van der Waals surface area contributed by atoms with Crippen molar-refractivity contribution in [2.45, 2.75) is 52.5 Å². The molecule has 8 heteroatoms. The van der Waals surface area contributed by atoms with Crippen molar-refractivity contribution in [3.05, 3.63) is 35.4 Å². The highest BCUT2D eigenvalue weighted by molar-refractivity contribution is 5.96. The molecule has 3 amide bonds. The van der Waals surface area contributed by atoms with E-state index in [0.29, 0.717) is 12.1 Å². The number of hydrogen-bond acceptors (Lipinski definition) is 5. The summed E-state index contributed by atoms with van der Waals surface area (Å²) in [6.45, 7) is 9.32. The van der Waals surface area contributed by atoms with Crippen LogP contribution < -0.4 is 16.0 Å². The Kier molecular flexibility index (Phi) is 9.31. The Morgan fingerprint density at radius 3 is 2.21 bits per heavy atom. The van der Waals surface area contributed by atoms with E-state index in [0.717, 1.165) is 12.0 Å². The van der Waals surface area contributed by atoms with Crippen LogP contribution in [0.1, 0.15) is 57.0 Å². The van der Waals surface area contributed by atoms with Gasteiger partial charge >= 0.3 is 5.97 Å². The van der Waals surface area contributed by atoms with Crippen molar-refractivity contribution in [1.82, 2.24) is 16.0 Å². The Morgan fingerprint density at radius 2 is 1.66 bits per heavy atom. The largest absolute Gasteiger partial charge is 0.454 e. The summed E-state index contributed by atoms with van der Waals surface area (Å²) in [6, 6.07) is 6.40. The first-order valence-corrected chi connectivity index (χ1v) is 9.66. The van der Waals surface area contributed by atoms with Crippen LogP contribution >= 0.6 is 0 Å². The molecule has 0 aliphatic heterocycles. The van der Waals surface area contributed by atoms with Crippen molar-refractivity contribution in [3.8, 4) is 0 Å². The summed E-state index contributed by atoms with van der Waals surface area (Å²) < 4.78 is 4.82. The van der Waals surface area contributed by atoms with Gasteiger partial charge in [0.2, 0.25) is 5.91 Å². The summed E-state index contributed by atoms with van der Waals surface area (Å²) in [6.07, 6.45) is 0.788. The van der Waals surface area contributed by atoms with Gasteiger partial charge in [-0.3, -0.25) is 19.2 Å².